The highest BCUT2D eigenvalue weighted by molar-refractivity contribution is 6.42. The molecule has 2 rings (SSSR count). The predicted molar refractivity (Wildman–Crippen MR) is 79.6 cm³/mol. The standard InChI is InChI=1S/C15H10Cl2O3/c16-13-6-5-12(9-14(13)17)20-11-3-1-2-10(8-11)4-7-15(18)19/h1-9H,(H,18,19). The zero-order valence-corrected chi connectivity index (χ0v) is 11.7. The molecule has 0 saturated heterocycles. The van der Waals surface area contributed by atoms with Crippen molar-refractivity contribution in [1.29, 1.82) is 0 Å². The Labute approximate surface area is 126 Å². The quantitative estimate of drug-likeness (QED) is 0.818. The maximum atomic E-state index is 10.5. The molecule has 2 aromatic rings. The van der Waals surface area contributed by atoms with Crippen molar-refractivity contribution in [3.8, 4) is 11.5 Å². The Morgan fingerprint density at radius 1 is 1.05 bits per heavy atom. The van der Waals surface area contributed by atoms with E-state index in [0.717, 1.165) is 11.6 Å². The molecular formula is C15H10Cl2O3. The average molecular weight is 309 g/mol. The second-order valence-electron chi connectivity index (χ2n) is 3.92. The third-order valence-corrected chi connectivity index (χ3v) is 3.14. The van der Waals surface area contributed by atoms with Gasteiger partial charge in [0, 0.05) is 12.1 Å². The molecule has 20 heavy (non-hydrogen) atoms. The summed E-state index contributed by atoms with van der Waals surface area (Å²) in [4.78, 5) is 10.5. The highest BCUT2D eigenvalue weighted by Gasteiger charge is 2.02. The van der Waals surface area contributed by atoms with Crippen molar-refractivity contribution >= 4 is 35.2 Å². The van der Waals surface area contributed by atoms with Crippen LogP contribution in [0.2, 0.25) is 10.0 Å². The van der Waals surface area contributed by atoms with E-state index >= 15 is 0 Å². The Kier molecular flexibility index (Phi) is 4.66. The summed E-state index contributed by atoms with van der Waals surface area (Å²) < 4.78 is 5.64. The van der Waals surface area contributed by atoms with E-state index in [2.05, 4.69) is 0 Å². The van der Waals surface area contributed by atoms with E-state index in [1.165, 1.54) is 6.08 Å². The number of ether oxygens (including phenoxy) is 1. The molecule has 0 fully saturated rings. The van der Waals surface area contributed by atoms with Gasteiger partial charge in [0.05, 0.1) is 10.0 Å². The van der Waals surface area contributed by atoms with Crippen LogP contribution in [0.15, 0.2) is 48.5 Å². The van der Waals surface area contributed by atoms with Crippen LogP contribution in [-0.4, -0.2) is 11.1 Å². The van der Waals surface area contributed by atoms with Crippen molar-refractivity contribution in [2.45, 2.75) is 0 Å². The number of halogens is 2. The molecule has 0 amide bonds. The summed E-state index contributed by atoms with van der Waals surface area (Å²) in [7, 11) is 0. The van der Waals surface area contributed by atoms with Crippen molar-refractivity contribution in [3.63, 3.8) is 0 Å². The number of hydrogen-bond acceptors (Lipinski definition) is 2. The molecule has 102 valence electrons. The molecule has 0 aliphatic carbocycles. The molecule has 2 aromatic carbocycles. The van der Waals surface area contributed by atoms with Gasteiger partial charge in [0.25, 0.3) is 0 Å². The van der Waals surface area contributed by atoms with Crippen LogP contribution in [0, 0.1) is 0 Å². The molecule has 0 aliphatic heterocycles. The van der Waals surface area contributed by atoms with Crippen LogP contribution in [0.3, 0.4) is 0 Å². The monoisotopic (exact) mass is 308 g/mol. The van der Waals surface area contributed by atoms with E-state index < -0.39 is 5.97 Å². The first-order valence-electron chi connectivity index (χ1n) is 5.68. The summed E-state index contributed by atoms with van der Waals surface area (Å²) in [5.41, 5.74) is 0.727. The normalized spacial score (nSPS) is 10.7. The van der Waals surface area contributed by atoms with E-state index in [-0.39, 0.29) is 0 Å². The van der Waals surface area contributed by atoms with Crippen molar-refractivity contribution in [3.05, 3.63) is 64.1 Å². The average Bonchev–Trinajstić information content (AvgIpc) is 2.41. The minimum absolute atomic E-state index is 0.408. The fourth-order valence-corrected chi connectivity index (χ4v) is 1.81. The SMILES string of the molecule is O=C(O)C=Cc1cccc(Oc2ccc(Cl)c(Cl)c2)c1. The van der Waals surface area contributed by atoms with Gasteiger partial charge in [-0.15, -0.1) is 0 Å². The van der Waals surface area contributed by atoms with Gasteiger partial charge in [-0.3, -0.25) is 0 Å². The van der Waals surface area contributed by atoms with Crippen molar-refractivity contribution in [2.24, 2.45) is 0 Å². The van der Waals surface area contributed by atoms with E-state index in [1.807, 2.05) is 0 Å². The molecule has 0 unspecified atom stereocenters. The van der Waals surface area contributed by atoms with E-state index in [1.54, 1.807) is 42.5 Å². The lowest BCUT2D eigenvalue weighted by Crippen LogP contribution is -1.87. The Hall–Kier alpha value is -1.97. The van der Waals surface area contributed by atoms with Gasteiger partial charge in [0.2, 0.25) is 0 Å². The molecule has 5 heteroatoms. The Morgan fingerprint density at radius 3 is 2.50 bits per heavy atom. The Bertz CT molecular complexity index is 666. The molecule has 0 aromatic heterocycles. The highest BCUT2D eigenvalue weighted by Crippen LogP contribution is 2.29. The molecule has 0 bridgehead atoms. The summed E-state index contributed by atoms with van der Waals surface area (Å²) in [5, 5.41) is 9.45. The fourth-order valence-electron chi connectivity index (χ4n) is 1.53. The first-order chi connectivity index (χ1) is 9.54. The number of benzene rings is 2. The summed E-state index contributed by atoms with van der Waals surface area (Å²) in [6.07, 6.45) is 2.56. The van der Waals surface area contributed by atoms with Gasteiger partial charge in [-0.05, 0) is 35.9 Å². The van der Waals surface area contributed by atoms with Crippen LogP contribution in [0.5, 0.6) is 11.5 Å². The van der Waals surface area contributed by atoms with Crippen LogP contribution in [0.1, 0.15) is 5.56 Å². The number of rotatable bonds is 4. The summed E-state index contributed by atoms with van der Waals surface area (Å²) in [6, 6.07) is 12.0. The summed E-state index contributed by atoms with van der Waals surface area (Å²) in [6.45, 7) is 0. The van der Waals surface area contributed by atoms with E-state index in [0.29, 0.717) is 21.5 Å². The first kappa shape index (κ1) is 14.4. The molecule has 1 N–H and O–H groups in total. The number of carbonyl (C=O) groups is 1. The lowest BCUT2D eigenvalue weighted by molar-refractivity contribution is -0.131. The van der Waals surface area contributed by atoms with Gasteiger partial charge in [-0.2, -0.15) is 0 Å². The molecule has 0 aliphatic rings. The van der Waals surface area contributed by atoms with Crippen LogP contribution < -0.4 is 4.74 Å². The third-order valence-electron chi connectivity index (χ3n) is 2.40. The summed E-state index contributed by atoms with van der Waals surface area (Å²) in [5.74, 6) is 0.135. The maximum absolute atomic E-state index is 10.5. The zero-order valence-electron chi connectivity index (χ0n) is 10.2. The van der Waals surface area contributed by atoms with Crippen LogP contribution in [-0.2, 0) is 4.79 Å². The van der Waals surface area contributed by atoms with E-state index in [9.17, 15) is 4.79 Å². The Morgan fingerprint density at radius 2 is 1.80 bits per heavy atom. The number of aliphatic carboxylic acids is 1. The molecule has 3 nitrogen and oxygen atoms in total. The van der Waals surface area contributed by atoms with Gasteiger partial charge in [-0.25, -0.2) is 4.79 Å². The zero-order chi connectivity index (χ0) is 14.5. The largest absolute Gasteiger partial charge is 0.478 e. The topological polar surface area (TPSA) is 46.5 Å². The lowest BCUT2D eigenvalue weighted by Gasteiger charge is -2.07. The minimum Gasteiger partial charge on any atom is -0.478 e. The van der Waals surface area contributed by atoms with Gasteiger partial charge in [-0.1, -0.05) is 35.3 Å². The molecular weight excluding hydrogens is 299 g/mol. The third kappa shape index (κ3) is 4.02. The molecule has 0 atom stereocenters. The number of carboxylic acid groups (broad SMARTS) is 1. The first-order valence-corrected chi connectivity index (χ1v) is 6.44. The molecule has 0 saturated carbocycles. The van der Waals surface area contributed by atoms with Crippen LogP contribution in [0.4, 0.5) is 0 Å². The van der Waals surface area contributed by atoms with Gasteiger partial charge < -0.3 is 9.84 Å². The second kappa shape index (κ2) is 6.46. The molecule has 0 radical (unpaired) electrons. The smallest absolute Gasteiger partial charge is 0.328 e. The molecule has 0 spiro atoms. The predicted octanol–water partition coefficient (Wildman–Crippen LogP) is 4.88. The summed E-state index contributed by atoms with van der Waals surface area (Å²) >= 11 is 11.7. The van der Waals surface area contributed by atoms with Crippen molar-refractivity contribution in [2.75, 3.05) is 0 Å². The maximum Gasteiger partial charge on any atom is 0.328 e. The number of hydrogen-bond donors (Lipinski definition) is 1. The van der Waals surface area contributed by atoms with E-state index in [4.69, 9.17) is 33.0 Å². The fraction of sp³-hybridized carbons (Fsp3) is 0. The second-order valence-corrected chi connectivity index (χ2v) is 4.74. The Balaban J connectivity index is 2.19. The van der Waals surface area contributed by atoms with Crippen molar-refractivity contribution < 1.29 is 14.6 Å². The van der Waals surface area contributed by atoms with Gasteiger partial charge >= 0.3 is 5.97 Å². The van der Waals surface area contributed by atoms with Crippen molar-refractivity contribution in [1.82, 2.24) is 0 Å². The highest BCUT2D eigenvalue weighted by atomic mass is 35.5. The molecule has 0 heterocycles. The van der Waals surface area contributed by atoms with Crippen LogP contribution in [0.25, 0.3) is 6.08 Å². The minimum atomic E-state index is -0.999. The number of carboxylic acids is 1. The lowest BCUT2D eigenvalue weighted by atomic mass is 10.2. The van der Waals surface area contributed by atoms with Crippen LogP contribution >= 0.6 is 23.2 Å². The van der Waals surface area contributed by atoms with Gasteiger partial charge in [0.15, 0.2) is 0 Å². The van der Waals surface area contributed by atoms with Gasteiger partial charge in [0.1, 0.15) is 11.5 Å².